The maximum atomic E-state index is 13.2. The fourth-order valence-electron chi connectivity index (χ4n) is 3.43. The molecule has 1 N–H and O–H groups in total. The molecule has 6 heteroatoms. The van der Waals surface area contributed by atoms with Crippen LogP contribution in [0.2, 0.25) is 5.02 Å². The first-order valence-corrected chi connectivity index (χ1v) is 10.7. The molecule has 29 heavy (non-hydrogen) atoms. The molecule has 1 aromatic heterocycles. The van der Waals surface area contributed by atoms with E-state index in [1.807, 2.05) is 48.5 Å². The number of ether oxygens (including phenoxy) is 1. The molecule has 0 saturated heterocycles. The monoisotopic (exact) mass is 424 g/mol. The smallest absolute Gasteiger partial charge is 0.259 e. The first-order valence-electron chi connectivity index (χ1n) is 9.53. The highest BCUT2D eigenvalue weighted by Crippen LogP contribution is 2.40. The highest BCUT2D eigenvalue weighted by atomic mass is 35.5. The van der Waals surface area contributed by atoms with Gasteiger partial charge in [-0.15, -0.1) is 11.3 Å². The number of halogens is 1. The predicted octanol–water partition coefficient (Wildman–Crippen LogP) is 6.29. The van der Waals surface area contributed by atoms with Gasteiger partial charge in [-0.1, -0.05) is 23.7 Å². The number of thiophene rings is 1. The van der Waals surface area contributed by atoms with Crippen molar-refractivity contribution < 1.29 is 9.53 Å². The van der Waals surface area contributed by atoms with Crippen LogP contribution in [0.25, 0.3) is 0 Å². The standard InChI is InChI=1S/C23H21ClN2O2S/c1-28-18-12-10-17(11-13-18)26-22(27)21-19-4-2-3-5-20(19)29-23(21)25-14-15-6-8-16(24)9-7-15/h6-14H,2-5H2,1H3,(H,26,27). The van der Waals surface area contributed by atoms with Gasteiger partial charge in [-0.05, 0) is 73.2 Å². The van der Waals surface area contributed by atoms with Crippen LogP contribution in [0.15, 0.2) is 53.5 Å². The van der Waals surface area contributed by atoms with Crippen molar-refractivity contribution in [2.24, 2.45) is 4.99 Å². The van der Waals surface area contributed by atoms with E-state index in [1.165, 1.54) is 4.88 Å². The van der Waals surface area contributed by atoms with Crippen molar-refractivity contribution >= 4 is 45.7 Å². The second kappa shape index (κ2) is 8.80. The summed E-state index contributed by atoms with van der Waals surface area (Å²) in [6, 6.07) is 14.8. The Kier molecular flexibility index (Phi) is 5.97. The number of carbonyl (C=O) groups is 1. The van der Waals surface area contributed by atoms with E-state index in [-0.39, 0.29) is 5.91 Å². The Morgan fingerprint density at radius 1 is 1.10 bits per heavy atom. The van der Waals surface area contributed by atoms with Gasteiger partial charge in [0, 0.05) is 21.8 Å². The zero-order valence-electron chi connectivity index (χ0n) is 16.1. The van der Waals surface area contributed by atoms with Crippen LogP contribution in [0.5, 0.6) is 5.75 Å². The van der Waals surface area contributed by atoms with E-state index < -0.39 is 0 Å². The molecule has 3 aromatic rings. The van der Waals surface area contributed by atoms with Gasteiger partial charge in [0.2, 0.25) is 0 Å². The van der Waals surface area contributed by atoms with Crippen molar-refractivity contribution in [1.82, 2.24) is 0 Å². The number of amides is 1. The third-order valence-electron chi connectivity index (χ3n) is 4.93. The molecule has 0 saturated carbocycles. The van der Waals surface area contributed by atoms with Crippen LogP contribution in [0.3, 0.4) is 0 Å². The van der Waals surface area contributed by atoms with Gasteiger partial charge in [0.05, 0.1) is 12.7 Å². The van der Waals surface area contributed by atoms with Crippen molar-refractivity contribution in [3.63, 3.8) is 0 Å². The van der Waals surface area contributed by atoms with Gasteiger partial charge >= 0.3 is 0 Å². The zero-order valence-corrected chi connectivity index (χ0v) is 17.6. The number of carbonyl (C=O) groups excluding carboxylic acids is 1. The Morgan fingerprint density at radius 2 is 1.83 bits per heavy atom. The average Bonchev–Trinajstić information content (AvgIpc) is 3.12. The van der Waals surface area contributed by atoms with E-state index in [0.717, 1.165) is 53.2 Å². The summed E-state index contributed by atoms with van der Waals surface area (Å²) in [5, 5.41) is 4.46. The number of rotatable bonds is 5. The molecule has 0 radical (unpaired) electrons. The Labute approximate surface area is 179 Å². The van der Waals surface area contributed by atoms with E-state index in [4.69, 9.17) is 16.3 Å². The topological polar surface area (TPSA) is 50.7 Å². The molecule has 0 bridgehead atoms. The largest absolute Gasteiger partial charge is 0.497 e. The van der Waals surface area contributed by atoms with E-state index in [2.05, 4.69) is 10.3 Å². The van der Waals surface area contributed by atoms with Gasteiger partial charge in [0.1, 0.15) is 10.8 Å². The number of nitrogens with zero attached hydrogens (tertiary/aromatic N) is 1. The second-order valence-electron chi connectivity index (χ2n) is 6.88. The van der Waals surface area contributed by atoms with Crippen LogP contribution in [0.1, 0.15) is 39.2 Å². The maximum Gasteiger partial charge on any atom is 0.259 e. The van der Waals surface area contributed by atoms with E-state index in [1.54, 1.807) is 24.7 Å². The minimum absolute atomic E-state index is 0.113. The van der Waals surface area contributed by atoms with E-state index in [0.29, 0.717) is 10.6 Å². The summed E-state index contributed by atoms with van der Waals surface area (Å²) < 4.78 is 5.18. The number of aliphatic imine (C=N–C) groups is 1. The fraction of sp³-hybridized carbons (Fsp3) is 0.217. The van der Waals surface area contributed by atoms with Gasteiger partial charge in [-0.25, -0.2) is 4.99 Å². The molecule has 1 aliphatic carbocycles. The number of methoxy groups -OCH3 is 1. The molecule has 0 aliphatic heterocycles. The van der Waals surface area contributed by atoms with Gasteiger partial charge in [0.25, 0.3) is 5.91 Å². The van der Waals surface area contributed by atoms with E-state index in [9.17, 15) is 4.79 Å². The number of benzene rings is 2. The third-order valence-corrected chi connectivity index (χ3v) is 6.38. The highest BCUT2D eigenvalue weighted by Gasteiger charge is 2.25. The minimum atomic E-state index is -0.113. The van der Waals surface area contributed by atoms with Gasteiger partial charge in [-0.3, -0.25) is 4.79 Å². The molecule has 1 heterocycles. The number of nitrogens with one attached hydrogen (secondary N) is 1. The molecule has 0 spiro atoms. The quantitative estimate of drug-likeness (QED) is 0.489. The van der Waals surface area contributed by atoms with Crippen molar-refractivity contribution in [3.8, 4) is 5.75 Å². The van der Waals surface area contributed by atoms with Crippen LogP contribution in [-0.4, -0.2) is 19.2 Å². The van der Waals surface area contributed by atoms with Crippen LogP contribution in [-0.2, 0) is 12.8 Å². The first kappa shape index (κ1) is 19.7. The van der Waals surface area contributed by atoms with Crippen molar-refractivity contribution in [2.45, 2.75) is 25.7 Å². The number of anilines is 1. The molecular weight excluding hydrogens is 404 g/mol. The Morgan fingerprint density at radius 3 is 2.55 bits per heavy atom. The molecular formula is C23H21ClN2O2S. The lowest BCUT2D eigenvalue weighted by molar-refractivity contribution is 0.102. The molecule has 1 amide bonds. The molecule has 4 nitrogen and oxygen atoms in total. The molecule has 0 fully saturated rings. The van der Waals surface area contributed by atoms with Crippen LogP contribution in [0, 0.1) is 0 Å². The summed E-state index contributed by atoms with van der Waals surface area (Å²) in [4.78, 5) is 19.1. The van der Waals surface area contributed by atoms with Crippen LogP contribution < -0.4 is 10.1 Å². The number of aryl methyl sites for hydroxylation is 1. The van der Waals surface area contributed by atoms with Crippen LogP contribution >= 0.6 is 22.9 Å². The maximum absolute atomic E-state index is 13.2. The lowest BCUT2D eigenvalue weighted by Crippen LogP contribution is -2.14. The Bertz CT molecular complexity index is 1040. The van der Waals surface area contributed by atoms with Crippen molar-refractivity contribution in [2.75, 3.05) is 12.4 Å². The zero-order chi connectivity index (χ0) is 20.2. The fourth-order valence-corrected chi connectivity index (χ4v) is 4.78. The lowest BCUT2D eigenvalue weighted by atomic mass is 9.95. The Balaban J connectivity index is 1.64. The second-order valence-corrected chi connectivity index (χ2v) is 8.40. The summed E-state index contributed by atoms with van der Waals surface area (Å²) in [6.45, 7) is 0. The SMILES string of the molecule is COc1ccc(NC(=O)c2c(N=Cc3ccc(Cl)cc3)sc3c2CCCC3)cc1. The van der Waals surface area contributed by atoms with Gasteiger partial charge < -0.3 is 10.1 Å². The molecule has 0 atom stereocenters. The lowest BCUT2D eigenvalue weighted by Gasteiger charge is -2.13. The van der Waals surface area contributed by atoms with Gasteiger partial charge in [0.15, 0.2) is 0 Å². The Hall–Kier alpha value is -2.63. The summed E-state index contributed by atoms with van der Waals surface area (Å²) in [6.07, 6.45) is 5.99. The van der Waals surface area contributed by atoms with Gasteiger partial charge in [-0.2, -0.15) is 0 Å². The summed E-state index contributed by atoms with van der Waals surface area (Å²) in [5.41, 5.74) is 3.53. The van der Waals surface area contributed by atoms with Crippen LogP contribution in [0.4, 0.5) is 10.7 Å². The third kappa shape index (κ3) is 4.52. The molecule has 148 valence electrons. The number of hydrogen-bond donors (Lipinski definition) is 1. The molecule has 0 unspecified atom stereocenters. The minimum Gasteiger partial charge on any atom is -0.497 e. The molecule has 1 aliphatic rings. The normalized spacial score (nSPS) is 13.3. The van der Waals surface area contributed by atoms with Crippen molar-refractivity contribution in [3.05, 3.63) is 75.1 Å². The predicted molar refractivity (Wildman–Crippen MR) is 121 cm³/mol. The first-order chi connectivity index (χ1) is 14.1. The summed E-state index contributed by atoms with van der Waals surface area (Å²) in [5.74, 6) is 0.641. The highest BCUT2D eigenvalue weighted by molar-refractivity contribution is 7.16. The average molecular weight is 425 g/mol. The van der Waals surface area contributed by atoms with Crippen molar-refractivity contribution in [1.29, 1.82) is 0 Å². The summed E-state index contributed by atoms with van der Waals surface area (Å²) in [7, 11) is 1.62. The molecule has 2 aromatic carbocycles. The molecule has 4 rings (SSSR count). The number of fused-ring (bicyclic) bond motifs is 1. The number of hydrogen-bond acceptors (Lipinski definition) is 4. The van der Waals surface area contributed by atoms with E-state index >= 15 is 0 Å². The summed E-state index contributed by atoms with van der Waals surface area (Å²) >= 11 is 7.58.